The molecule has 0 saturated heterocycles. The van der Waals surface area contributed by atoms with Gasteiger partial charge in [-0.25, -0.2) is 9.59 Å². The molecule has 2 aromatic rings. The van der Waals surface area contributed by atoms with Crippen LogP contribution in [0.1, 0.15) is 38.0 Å². The first-order valence-corrected chi connectivity index (χ1v) is 8.35. The Bertz CT molecular complexity index is 936. The van der Waals surface area contributed by atoms with Crippen molar-refractivity contribution in [1.29, 1.82) is 0 Å². The van der Waals surface area contributed by atoms with Gasteiger partial charge in [-0.1, -0.05) is 0 Å². The van der Waals surface area contributed by atoms with E-state index in [2.05, 4.69) is 14.8 Å². The molecule has 10 heteroatoms. The van der Waals surface area contributed by atoms with Crippen molar-refractivity contribution in [1.82, 2.24) is 0 Å². The fourth-order valence-electron chi connectivity index (χ4n) is 2.45. The Labute approximate surface area is 165 Å². The minimum Gasteiger partial charge on any atom is -0.487 e. The minimum absolute atomic E-state index is 0.0109. The molecule has 1 N–H and O–H groups in total. The van der Waals surface area contributed by atoms with Gasteiger partial charge in [-0.2, -0.15) is 0 Å². The van der Waals surface area contributed by atoms with Crippen molar-refractivity contribution in [2.24, 2.45) is 0 Å². The Hall–Kier alpha value is -3.95. The Morgan fingerprint density at radius 1 is 0.966 bits per heavy atom. The van der Waals surface area contributed by atoms with E-state index in [1.165, 1.54) is 44.6 Å². The summed E-state index contributed by atoms with van der Waals surface area (Å²) in [5.74, 6) is -2.09. The van der Waals surface area contributed by atoms with Gasteiger partial charge in [0.2, 0.25) is 0 Å². The van der Waals surface area contributed by atoms with E-state index < -0.39 is 22.8 Å². The number of nitrogens with one attached hydrogen (secondary N) is 1. The highest BCUT2D eigenvalue weighted by Crippen LogP contribution is 2.28. The average molecular weight is 402 g/mol. The fourth-order valence-corrected chi connectivity index (χ4v) is 2.45. The smallest absolute Gasteiger partial charge is 0.337 e. The Morgan fingerprint density at radius 3 is 2.03 bits per heavy atom. The monoisotopic (exact) mass is 402 g/mol. The second-order valence-corrected chi connectivity index (χ2v) is 5.61. The number of nitro groups is 1. The van der Waals surface area contributed by atoms with Crippen molar-refractivity contribution >= 4 is 29.2 Å². The number of anilines is 1. The van der Waals surface area contributed by atoms with E-state index in [1.54, 1.807) is 6.92 Å². The molecule has 0 spiro atoms. The molecule has 10 nitrogen and oxygen atoms in total. The standard InChI is InChI=1S/C19H18N2O8/c1-4-29-16-6-5-11(10-15(16)21(25)26)17(22)20-14-8-12(18(23)27-2)7-13(9-14)19(24)28-3/h5-10H,4H2,1-3H3,(H,20,22). The number of nitro benzene ring substituents is 1. The molecule has 0 aliphatic rings. The number of amides is 1. The van der Waals surface area contributed by atoms with Crippen LogP contribution >= 0.6 is 0 Å². The van der Waals surface area contributed by atoms with Gasteiger partial charge in [0.1, 0.15) is 0 Å². The Balaban J connectivity index is 2.39. The van der Waals surface area contributed by atoms with Crippen LogP contribution in [0.25, 0.3) is 0 Å². The second-order valence-electron chi connectivity index (χ2n) is 5.61. The third-order valence-electron chi connectivity index (χ3n) is 3.75. The van der Waals surface area contributed by atoms with Crippen molar-refractivity contribution in [3.8, 4) is 5.75 Å². The summed E-state index contributed by atoms with van der Waals surface area (Å²) in [4.78, 5) is 46.8. The van der Waals surface area contributed by atoms with Crippen LogP contribution in [0.15, 0.2) is 36.4 Å². The first-order valence-electron chi connectivity index (χ1n) is 8.35. The van der Waals surface area contributed by atoms with Crippen LogP contribution in [0.5, 0.6) is 5.75 Å². The number of hydrogen-bond acceptors (Lipinski definition) is 8. The van der Waals surface area contributed by atoms with E-state index >= 15 is 0 Å². The molecule has 1 amide bonds. The molecule has 0 aliphatic carbocycles. The molecule has 0 aliphatic heterocycles. The zero-order valence-electron chi connectivity index (χ0n) is 15.9. The lowest BCUT2D eigenvalue weighted by atomic mass is 10.1. The number of ether oxygens (including phenoxy) is 3. The van der Waals surface area contributed by atoms with Gasteiger partial charge in [-0.05, 0) is 37.3 Å². The largest absolute Gasteiger partial charge is 0.487 e. The minimum atomic E-state index is -0.719. The van der Waals surface area contributed by atoms with Crippen LogP contribution in [-0.2, 0) is 9.47 Å². The first kappa shape index (κ1) is 21.4. The predicted octanol–water partition coefficient (Wildman–Crippen LogP) is 2.82. The first-order chi connectivity index (χ1) is 13.8. The summed E-state index contributed by atoms with van der Waals surface area (Å²) in [7, 11) is 2.34. The lowest BCUT2D eigenvalue weighted by Crippen LogP contribution is -2.14. The third kappa shape index (κ3) is 5.06. The molecule has 0 saturated carbocycles. The number of carbonyl (C=O) groups excluding carboxylic acids is 3. The van der Waals surface area contributed by atoms with Crippen LogP contribution in [0.2, 0.25) is 0 Å². The van der Waals surface area contributed by atoms with Crippen LogP contribution in [0, 0.1) is 10.1 Å². The molecule has 29 heavy (non-hydrogen) atoms. The molecule has 0 unspecified atom stereocenters. The number of methoxy groups -OCH3 is 2. The number of carbonyl (C=O) groups is 3. The van der Waals surface area contributed by atoms with Crippen LogP contribution in [0.4, 0.5) is 11.4 Å². The van der Waals surface area contributed by atoms with Crippen LogP contribution in [-0.4, -0.2) is 43.6 Å². The van der Waals surface area contributed by atoms with Crippen LogP contribution in [0.3, 0.4) is 0 Å². The fraction of sp³-hybridized carbons (Fsp3) is 0.211. The zero-order valence-corrected chi connectivity index (χ0v) is 15.9. The summed E-state index contributed by atoms with van der Waals surface area (Å²) in [6.45, 7) is 1.90. The Morgan fingerprint density at radius 2 is 1.55 bits per heavy atom. The lowest BCUT2D eigenvalue weighted by molar-refractivity contribution is -0.385. The summed E-state index contributed by atoms with van der Waals surface area (Å²) in [5, 5.41) is 13.7. The zero-order chi connectivity index (χ0) is 21.6. The maximum absolute atomic E-state index is 12.6. The van der Waals surface area contributed by atoms with Crippen molar-refractivity contribution in [3.63, 3.8) is 0 Å². The quantitative estimate of drug-likeness (QED) is 0.424. The molecule has 0 heterocycles. The highest BCUT2D eigenvalue weighted by Gasteiger charge is 2.20. The molecule has 2 rings (SSSR count). The van der Waals surface area contributed by atoms with Crippen molar-refractivity contribution in [2.75, 3.05) is 26.1 Å². The maximum atomic E-state index is 12.6. The van der Waals surface area contributed by atoms with E-state index in [1.807, 2.05) is 0 Å². The summed E-state index contributed by atoms with van der Waals surface area (Å²) >= 11 is 0. The molecule has 0 atom stereocenters. The van der Waals surface area contributed by atoms with Crippen molar-refractivity contribution < 1.29 is 33.5 Å². The average Bonchev–Trinajstić information content (AvgIpc) is 2.72. The number of esters is 2. The van der Waals surface area contributed by atoms with Crippen molar-refractivity contribution in [3.05, 3.63) is 63.2 Å². The molecular weight excluding hydrogens is 384 g/mol. The van der Waals surface area contributed by atoms with Gasteiger partial charge in [0.25, 0.3) is 5.91 Å². The van der Waals surface area contributed by atoms with E-state index in [0.29, 0.717) is 0 Å². The SMILES string of the molecule is CCOc1ccc(C(=O)Nc2cc(C(=O)OC)cc(C(=O)OC)c2)cc1[N+](=O)[O-]. The van der Waals surface area contributed by atoms with Gasteiger partial charge in [0.15, 0.2) is 5.75 Å². The van der Waals surface area contributed by atoms with E-state index in [9.17, 15) is 24.5 Å². The maximum Gasteiger partial charge on any atom is 0.337 e. The third-order valence-corrected chi connectivity index (χ3v) is 3.75. The highest BCUT2D eigenvalue weighted by molar-refractivity contribution is 6.06. The number of hydrogen-bond donors (Lipinski definition) is 1. The summed E-state index contributed by atoms with van der Waals surface area (Å²) in [6, 6.07) is 7.62. The van der Waals surface area contributed by atoms with Gasteiger partial charge in [0, 0.05) is 17.3 Å². The van der Waals surface area contributed by atoms with E-state index in [0.717, 1.165) is 6.07 Å². The van der Waals surface area contributed by atoms with Gasteiger partial charge in [-0.15, -0.1) is 0 Å². The van der Waals surface area contributed by atoms with E-state index in [4.69, 9.17) is 4.74 Å². The number of rotatable bonds is 7. The van der Waals surface area contributed by atoms with Gasteiger partial charge in [0.05, 0.1) is 36.9 Å². The van der Waals surface area contributed by atoms with Gasteiger partial charge in [-0.3, -0.25) is 14.9 Å². The lowest BCUT2D eigenvalue weighted by Gasteiger charge is -2.10. The molecule has 152 valence electrons. The summed E-state index contributed by atoms with van der Waals surface area (Å²) < 4.78 is 14.5. The molecule has 0 radical (unpaired) electrons. The highest BCUT2D eigenvalue weighted by atomic mass is 16.6. The molecular formula is C19H18N2O8. The summed E-state index contributed by atoms with van der Waals surface area (Å²) in [5.41, 5.74) is -0.233. The second kappa shape index (κ2) is 9.31. The van der Waals surface area contributed by atoms with Crippen LogP contribution < -0.4 is 10.1 Å². The molecule has 0 bridgehead atoms. The normalized spacial score (nSPS) is 10.0. The Kier molecular flexibility index (Phi) is 6.85. The number of nitrogens with zero attached hydrogens (tertiary/aromatic N) is 1. The summed E-state index contributed by atoms with van der Waals surface area (Å²) in [6.07, 6.45) is 0. The molecule has 0 aromatic heterocycles. The van der Waals surface area contributed by atoms with E-state index in [-0.39, 0.29) is 40.4 Å². The molecule has 2 aromatic carbocycles. The molecule has 0 fully saturated rings. The van der Waals surface area contributed by atoms with Gasteiger partial charge < -0.3 is 19.5 Å². The predicted molar refractivity (Wildman–Crippen MR) is 101 cm³/mol. The number of benzene rings is 2. The van der Waals surface area contributed by atoms with Gasteiger partial charge >= 0.3 is 17.6 Å². The van der Waals surface area contributed by atoms with Crippen molar-refractivity contribution in [2.45, 2.75) is 6.92 Å². The topological polar surface area (TPSA) is 134 Å².